The maximum atomic E-state index is 11.1. The minimum absolute atomic E-state index is 0.00122. The van der Waals surface area contributed by atoms with Crippen LogP contribution in [0, 0.1) is 0 Å². The molecule has 0 rings (SSSR count). The van der Waals surface area contributed by atoms with Gasteiger partial charge in [0.25, 0.3) is 32.4 Å². The fraction of sp³-hybridized carbons (Fsp3) is 0.732. The molecule has 2 atom stereocenters. The third kappa shape index (κ3) is 100. The first-order valence-corrected chi connectivity index (χ1v) is 30.0. The van der Waals surface area contributed by atoms with Gasteiger partial charge < -0.3 is 101 Å². The van der Waals surface area contributed by atoms with Gasteiger partial charge in [-0.25, -0.2) is 58.0 Å². The Balaban J connectivity index is -0.000000386. The first kappa shape index (κ1) is 102. The van der Waals surface area contributed by atoms with Crippen LogP contribution in [0.4, 0.5) is 0 Å². The molecule has 102 heavy (non-hydrogen) atoms. The van der Waals surface area contributed by atoms with Crippen molar-refractivity contribution in [2.75, 3.05) is 166 Å². The van der Waals surface area contributed by atoms with Gasteiger partial charge in [0.05, 0.1) is 45.7 Å². The topological polar surface area (TPSA) is 597 Å². The van der Waals surface area contributed by atoms with E-state index in [0.717, 1.165) is 38.5 Å². The van der Waals surface area contributed by atoms with Crippen LogP contribution in [0.3, 0.4) is 0 Å². The van der Waals surface area contributed by atoms with Crippen molar-refractivity contribution in [3.63, 3.8) is 0 Å². The van der Waals surface area contributed by atoms with E-state index in [1.807, 2.05) is 0 Å². The van der Waals surface area contributed by atoms with Crippen molar-refractivity contribution in [3.05, 3.63) is 0 Å². The van der Waals surface area contributed by atoms with Gasteiger partial charge >= 0.3 is 59.7 Å². The lowest BCUT2D eigenvalue weighted by Crippen LogP contribution is -2.27. The Bertz CT molecular complexity index is 2120. The second-order valence-corrected chi connectivity index (χ2v) is 17.8. The summed E-state index contributed by atoms with van der Waals surface area (Å²) in [7, 11) is 0. The molecule has 0 saturated heterocycles. The van der Waals surface area contributed by atoms with Gasteiger partial charge in [0.1, 0.15) is 39.6 Å². The van der Waals surface area contributed by atoms with E-state index in [4.69, 9.17) is 58.8 Å². The first-order chi connectivity index (χ1) is 49.1. The highest BCUT2D eigenvalue weighted by Crippen LogP contribution is 2.06. The molecule has 46 heteroatoms. The summed E-state index contributed by atoms with van der Waals surface area (Å²) in [6, 6.07) is 0. The molecule has 0 aliphatic rings. The normalized spacial score (nSPS) is 10.7. The van der Waals surface area contributed by atoms with Crippen LogP contribution in [0.2, 0.25) is 0 Å². The molecule has 0 saturated carbocycles. The Morgan fingerprint density at radius 2 is 0.578 bits per heavy atom. The van der Waals surface area contributed by atoms with Gasteiger partial charge in [-0.2, -0.15) is 24.4 Å². The van der Waals surface area contributed by atoms with Gasteiger partial charge in [0.15, 0.2) is 39.1 Å². The molecule has 0 aromatic heterocycles. The molecule has 0 aliphatic carbocycles. The average molecular weight is 1500 g/mol. The Labute approximate surface area is 582 Å². The molecular formula is C56H92O46. The molecule has 0 bridgehead atoms. The van der Waals surface area contributed by atoms with Gasteiger partial charge in [-0.1, -0.05) is 19.3 Å². The number of carbonyl (C=O) groups excluding carboxylic acids is 10. The van der Waals surface area contributed by atoms with Crippen LogP contribution in [0.25, 0.3) is 0 Å². The van der Waals surface area contributed by atoms with Crippen LogP contribution in [-0.4, -0.2) is 296 Å². The molecule has 0 aromatic rings. The number of carbonyl (C=O) groups is 15. The van der Waals surface area contributed by atoms with E-state index < -0.39 is 98.8 Å². The molecule has 0 spiro atoms. The van der Waals surface area contributed by atoms with Crippen LogP contribution < -0.4 is 0 Å². The van der Waals surface area contributed by atoms with Crippen LogP contribution in [0.5, 0.6) is 0 Å². The van der Waals surface area contributed by atoms with Crippen molar-refractivity contribution in [2.24, 2.45) is 0 Å². The summed E-state index contributed by atoms with van der Waals surface area (Å²) >= 11 is 0. The molecular weight excluding hydrogens is 1410 g/mol. The van der Waals surface area contributed by atoms with Crippen molar-refractivity contribution in [1.29, 1.82) is 0 Å². The monoisotopic (exact) mass is 1500 g/mol. The van der Waals surface area contributed by atoms with E-state index >= 15 is 0 Å². The maximum absolute atomic E-state index is 11.1. The number of rotatable bonds is 70. The average Bonchev–Trinajstić information content (AvgIpc) is 1.09. The summed E-state index contributed by atoms with van der Waals surface area (Å²) in [6.45, 7) is 3.02. The Hall–Kier alpha value is -8.59. The Morgan fingerprint density at radius 3 is 0.931 bits per heavy atom. The predicted molar refractivity (Wildman–Crippen MR) is 318 cm³/mol. The van der Waals surface area contributed by atoms with E-state index in [0.29, 0.717) is 65.5 Å². The molecule has 0 fully saturated rings. The minimum Gasteiger partial charge on any atom is -0.479 e. The lowest BCUT2D eigenvalue weighted by Gasteiger charge is -2.12. The number of unbranched alkanes of at least 4 members (excludes halogenated alkanes) is 6. The fourth-order valence-electron chi connectivity index (χ4n) is 5.27. The number of hydrogen-bond donors (Lipinski definition) is 5. The predicted octanol–water partition coefficient (Wildman–Crippen LogP) is -0.978. The van der Waals surface area contributed by atoms with Gasteiger partial charge in [-0.3, -0.25) is 38.4 Å². The van der Waals surface area contributed by atoms with Crippen LogP contribution >= 0.6 is 0 Å². The van der Waals surface area contributed by atoms with E-state index in [9.17, 15) is 71.9 Å². The molecule has 0 aromatic carbocycles. The largest absolute Gasteiger partial charge is 0.479 e. The minimum atomic E-state index is -1.25. The third-order valence-electron chi connectivity index (χ3n) is 9.56. The quantitative estimate of drug-likeness (QED) is 0.00929. The highest BCUT2D eigenvalue weighted by atomic mass is 17.2. The molecule has 2 unspecified atom stereocenters. The molecule has 5 N–H and O–H groups in total. The summed E-state index contributed by atoms with van der Waals surface area (Å²) < 4.78 is 74.0. The highest BCUT2D eigenvalue weighted by Gasteiger charge is 2.16. The summed E-state index contributed by atoms with van der Waals surface area (Å²) in [4.78, 5) is 200. The smallest absolute Gasteiger partial charge is 0.341 e. The molecule has 0 heterocycles. The van der Waals surface area contributed by atoms with Crippen molar-refractivity contribution < 1.29 is 222 Å². The number of carboxylic acids is 5. The zero-order chi connectivity index (χ0) is 77.0. The summed E-state index contributed by atoms with van der Waals surface area (Å²) in [6.07, 6.45) is 5.98. The van der Waals surface area contributed by atoms with Crippen LogP contribution in [-0.2, 0) is 197 Å². The molecule has 0 aliphatic heterocycles. The van der Waals surface area contributed by atoms with Gasteiger partial charge in [0.2, 0.25) is 34.0 Å². The van der Waals surface area contributed by atoms with Crippen LogP contribution in [0.1, 0.15) is 90.9 Å². The number of aliphatic carboxylic acids is 5. The molecule has 0 amide bonds. The number of carboxylic acid groups (broad SMARTS) is 5. The lowest BCUT2D eigenvalue weighted by atomic mass is 10.2. The van der Waals surface area contributed by atoms with E-state index in [1.165, 1.54) is 6.92 Å². The lowest BCUT2D eigenvalue weighted by molar-refractivity contribution is -0.337. The Kier molecular flexibility index (Phi) is 84.9. The van der Waals surface area contributed by atoms with Crippen molar-refractivity contribution >= 4 is 92.1 Å². The number of ether oxygens (including phenoxy) is 16. The van der Waals surface area contributed by atoms with E-state index in [1.54, 1.807) is 6.92 Å². The molecule has 46 nitrogen and oxygen atoms in total. The van der Waals surface area contributed by atoms with Crippen molar-refractivity contribution in [1.82, 2.24) is 0 Å². The number of esters is 5. The first-order valence-electron chi connectivity index (χ1n) is 30.0. The fourth-order valence-corrected chi connectivity index (χ4v) is 5.27. The highest BCUT2D eigenvalue weighted by molar-refractivity contribution is 5.78. The zero-order valence-corrected chi connectivity index (χ0v) is 56.2. The van der Waals surface area contributed by atoms with Crippen molar-refractivity contribution in [2.45, 2.75) is 103 Å². The summed E-state index contributed by atoms with van der Waals surface area (Å²) in [5.74, 6) is -9.10. The van der Waals surface area contributed by atoms with E-state index in [-0.39, 0.29) is 145 Å². The van der Waals surface area contributed by atoms with Crippen LogP contribution in [0.15, 0.2) is 0 Å². The second kappa shape index (κ2) is 84.8. The molecule has 592 valence electrons. The van der Waals surface area contributed by atoms with Crippen molar-refractivity contribution in [3.8, 4) is 0 Å². The zero-order valence-electron chi connectivity index (χ0n) is 56.2. The van der Waals surface area contributed by atoms with E-state index in [2.05, 4.69) is 91.4 Å². The SMILES string of the molecule is CC(COOCOC=O)OCCCCCC(=O)OCC(=O)O.CC(OCCOOCOC=O)C(=O)OCC(=O)O.O=COCOOCCOCC(=O)OCC(=O)O.O=COCOOCCOCCCCCC(=O)OCC(=O)O.O=COCOOCCOCCOCCCCCC(=O)OCC(=O)O. The third-order valence-corrected chi connectivity index (χ3v) is 9.56. The maximum Gasteiger partial charge on any atom is 0.341 e. The van der Waals surface area contributed by atoms with Gasteiger partial charge in [-0.15, -0.1) is 0 Å². The summed E-state index contributed by atoms with van der Waals surface area (Å²) in [5, 5.41) is 41.4. The van der Waals surface area contributed by atoms with Gasteiger partial charge in [0, 0.05) is 39.1 Å². The standard InChI is InChI=1S/C14H24O10.C13H22O9.C12H20O9.C9H14O9.C8H12O9/c15-11-21-12-24-23-9-8-20-7-6-19-5-3-1-2-4-14(18)22-10-13(16)17;1-11(7-21-22-10-18-9-14)19-6-4-2-3-5-13(17)20-8-12(15)16;13-9-18-10-21-20-7-6-17-5-3-1-2-4-12(16)19-8-11(14)15;1-7(9(13)16-4-8(11)12)15-2-3-17-18-6-14-5-10;9-5-14-6-17-16-2-1-13-4-8(12)15-3-7(10)11/h11H,1-10,12H2,(H,16,17);9,11H,2-8,10H2,1H3,(H,15,16);9H,1-8,10H2,(H,14,15);5,7H,2-4,6H2,1H3,(H,11,12);5H,1-4,6H2,(H,10,11). The Morgan fingerprint density at radius 1 is 0.284 bits per heavy atom. The van der Waals surface area contributed by atoms with Gasteiger partial charge in [-0.05, 0) is 52.4 Å². The molecule has 0 radical (unpaired) electrons. The summed E-state index contributed by atoms with van der Waals surface area (Å²) in [5.41, 5.74) is 0. The number of hydrogen-bond acceptors (Lipinski definition) is 41. The second-order valence-electron chi connectivity index (χ2n) is 17.8.